The Bertz CT molecular complexity index is 538. The van der Waals surface area contributed by atoms with Gasteiger partial charge in [0.15, 0.2) is 0 Å². The molecule has 0 saturated carbocycles. The number of phenols is 1. The lowest BCUT2D eigenvalue weighted by Crippen LogP contribution is -2.26. The molecule has 0 bridgehead atoms. The van der Waals surface area contributed by atoms with Gasteiger partial charge in [-0.25, -0.2) is 4.98 Å². The van der Waals surface area contributed by atoms with Crippen molar-refractivity contribution in [3.8, 4) is 5.75 Å². The van der Waals surface area contributed by atoms with Crippen molar-refractivity contribution in [3.05, 3.63) is 45.9 Å². The van der Waals surface area contributed by atoms with Gasteiger partial charge in [0.2, 0.25) is 0 Å². The fourth-order valence-corrected chi connectivity index (χ4v) is 2.81. The number of nitrogens with zero attached hydrogens (tertiary/aromatic N) is 2. The molecule has 1 atom stereocenters. The number of rotatable bonds is 5. The van der Waals surface area contributed by atoms with Crippen molar-refractivity contribution >= 4 is 11.3 Å². The fourth-order valence-electron chi connectivity index (χ4n) is 2.21. The fraction of sp³-hybridized carbons (Fsp3) is 0.400. The molecule has 0 aliphatic carbocycles. The highest BCUT2D eigenvalue weighted by Crippen LogP contribution is 2.25. The Morgan fingerprint density at radius 2 is 2.21 bits per heavy atom. The van der Waals surface area contributed by atoms with Crippen LogP contribution in [0, 0.1) is 6.92 Å². The van der Waals surface area contributed by atoms with Crippen molar-refractivity contribution in [3.63, 3.8) is 0 Å². The first-order valence-electron chi connectivity index (χ1n) is 6.54. The molecule has 1 aromatic carbocycles. The van der Waals surface area contributed by atoms with Crippen LogP contribution in [-0.2, 0) is 6.54 Å². The van der Waals surface area contributed by atoms with Gasteiger partial charge in [-0.15, -0.1) is 11.3 Å². The van der Waals surface area contributed by atoms with Crippen LogP contribution in [0.5, 0.6) is 5.75 Å². The van der Waals surface area contributed by atoms with Crippen molar-refractivity contribution in [1.82, 2.24) is 9.88 Å². The molecule has 0 radical (unpaired) electrons. The Labute approximate surface area is 118 Å². The van der Waals surface area contributed by atoms with Gasteiger partial charge in [0.1, 0.15) is 5.75 Å². The third-order valence-electron chi connectivity index (χ3n) is 3.34. The van der Waals surface area contributed by atoms with Gasteiger partial charge in [-0.05, 0) is 38.1 Å². The summed E-state index contributed by atoms with van der Waals surface area (Å²) in [5.41, 5.74) is 2.25. The van der Waals surface area contributed by atoms with Crippen LogP contribution in [0.2, 0.25) is 0 Å². The zero-order chi connectivity index (χ0) is 13.8. The van der Waals surface area contributed by atoms with Gasteiger partial charge in [-0.3, -0.25) is 4.90 Å². The minimum absolute atomic E-state index is 0.263. The predicted molar refractivity (Wildman–Crippen MR) is 79.5 cm³/mol. The van der Waals surface area contributed by atoms with E-state index in [2.05, 4.69) is 35.2 Å². The van der Waals surface area contributed by atoms with E-state index in [0.717, 1.165) is 29.4 Å². The number of aromatic hydroxyl groups is 1. The average molecular weight is 276 g/mol. The zero-order valence-electron chi connectivity index (χ0n) is 11.6. The maximum Gasteiger partial charge on any atom is 0.115 e. The van der Waals surface area contributed by atoms with Crippen molar-refractivity contribution in [2.24, 2.45) is 0 Å². The summed E-state index contributed by atoms with van der Waals surface area (Å²) in [6, 6.07) is 7.75. The molecule has 0 aliphatic rings. The maximum atomic E-state index is 9.58. The second kappa shape index (κ2) is 6.17. The first kappa shape index (κ1) is 14.0. The average Bonchev–Trinajstić information content (AvgIpc) is 2.81. The van der Waals surface area contributed by atoms with Crippen molar-refractivity contribution < 1.29 is 5.11 Å². The van der Waals surface area contributed by atoms with Gasteiger partial charge < -0.3 is 5.11 Å². The normalized spacial score (nSPS) is 12.8. The summed E-state index contributed by atoms with van der Waals surface area (Å²) in [7, 11) is 0. The molecule has 0 unspecified atom stereocenters. The first-order chi connectivity index (χ1) is 9.10. The SMILES string of the molecule is CCN(Cc1csc(C)n1)[C@@H](C)c1cccc(O)c1. The molecule has 2 rings (SSSR count). The molecule has 0 fully saturated rings. The molecule has 0 saturated heterocycles. The highest BCUT2D eigenvalue weighted by atomic mass is 32.1. The molecule has 3 nitrogen and oxygen atoms in total. The van der Waals surface area contributed by atoms with E-state index in [0.29, 0.717) is 5.75 Å². The molecule has 1 N–H and O–H groups in total. The lowest BCUT2D eigenvalue weighted by molar-refractivity contribution is 0.210. The molecule has 102 valence electrons. The number of benzene rings is 1. The summed E-state index contributed by atoms with van der Waals surface area (Å²) >= 11 is 1.69. The molecule has 4 heteroatoms. The van der Waals surface area contributed by atoms with E-state index in [4.69, 9.17) is 0 Å². The first-order valence-corrected chi connectivity index (χ1v) is 7.42. The van der Waals surface area contributed by atoms with Crippen LogP contribution in [0.15, 0.2) is 29.6 Å². The van der Waals surface area contributed by atoms with E-state index < -0.39 is 0 Å². The summed E-state index contributed by atoms with van der Waals surface area (Å²) in [5.74, 6) is 0.324. The van der Waals surface area contributed by atoms with Gasteiger partial charge in [-0.2, -0.15) is 0 Å². The van der Waals surface area contributed by atoms with E-state index in [9.17, 15) is 5.11 Å². The van der Waals surface area contributed by atoms with Gasteiger partial charge in [0.05, 0.1) is 10.7 Å². The number of hydrogen-bond donors (Lipinski definition) is 1. The third kappa shape index (κ3) is 3.55. The van der Waals surface area contributed by atoms with Gasteiger partial charge in [0, 0.05) is 18.0 Å². The van der Waals surface area contributed by atoms with Crippen LogP contribution < -0.4 is 0 Å². The second-order valence-corrected chi connectivity index (χ2v) is 5.75. The number of aryl methyl sites for hydroxylation is 1. The largest absolute Gasteiger partial charge is 0.508 e. The summed E-state index contributed by atoms with van der Waals surface area (Å²) in [5, 5.41) is 12.8. The summed E-state index contributed by atoms with van der Waals surface area (Å²) in [6.07, 6.45) is 0. The Morgan fingerprint density at radius 3 is 2.79 bits per heavy atom. The summed E-state index contributed by atoms with van der Waals surface area (Å²) in [4.78, 5) is 6.87. The molecule has 2 aromatic rings. The van der Waals surface area contributed by atoms with E-state index in [1.165, 1.54) is 0 Å². The number of thiazole rings is 1. The van der Waals surface area contributed by atoms with Crippen LogP contribution in [0.1, 0.15) is 36.2 Å². The summed E-state index contributed by atoms with van der Waals surface area (Å²) < 4.78 is 0. The van der Waals surface area contributed by atoms with Crippen LogP contribution in [0.25, 0.3) is 0 Å². The lowest BCUT2D eigenvalue weighted by atomic mass is 10.1. The predicted octanol–water partition coefficient (Wildman–Crippen LogP) is 3.74. The number of phenolic OH excluding ortho intramolecular Hbond substituents is 1. The monoisotopic (exact) mass is 276 g/mol. The zero-order valence-corrected chi connectivity index (χ0v) is 12.4. The second-order valence-electron chi connectivity index (χ2n) is 4.69. The molecular weight excluding hydrogens is 256 g/mol. The van der Waals surface area contributed by atoms with Gasteiger partial charge in [0.25, 0.3) is 0 Å². The van der Waals surface area contributed by atoms with Crippen LogP contribution >= 0.6 is 11.3 Å². The minimum atomic E-state index is 0.263. The molecule has 0 spiro atoms. The third-order valence-corrected chi connectivity index (χ3v) is 4.16. The Balaban J connectivity index is 2.12. The minimum Gasteiger partial charge on any atom is -0.508 e. The lowest BCUT2D eigenvalue weighted by Gasteiger charge is -2.27. The summed E-state index contributed by atoms with van der Waals surface area (Å²) in [6.45, 7) is 8.14. The quantitative estimate of drug-likeness (QED) is 0.903. The van der Waals surface area contributed by atoms with Gasteiger partial charge in [-0.1, -0.05) is 19.1 Å². The Morgan fingerprint density at radius 1 is 1.42 bits per heavy atom. The highest BCUT2D eigenvalue weighted by Gasteiger charge is 2.16. The molecule has 19 heavy (non-hydrogen) atoms. The maximum absolute atomic E-state index is 9.58. The van der Waals surface area contributed by atoms with E-state index in [1.54, 1.807) is 17.4 Å². The number of hydrogen-bond acceptors (Lipinski definition) is 4. The smallest absolute Gasteiger partial charge is 0.115 e. The molecule has 1 aromatic heterocycles. The standard InChI is InChI=1S/C15H20N2OS/c1-4-17(9-14-10-19-12(3)16-14)11(2)13-6-5-7-15(18)8-13/h5-8,10-11,18H,4,9H2,1-3H3/t11-/m0/s1. The van der Waals surface area contributed by atoms with Crippen LogP contribution in [-0.4, -0.2) is 21.5 Å². The van der Waals surface area contributed by atoms with Crippen LogP contribution in [0.3, 0.4) is 0 Å². The van der Waals surface area contributed by atoms with Crippen LogP contribution in [0.4, 0.5) is 0 Å². The van der Waals surface area contributed by atoms with Gasteiger partial charge >= 0.3 is 0 Å². The van der Waals surface area contributed by atoms with Crippen molar-refractivity contribution in [2.75, 3.05) is 6.54 Å². The van der Waals surface area contributed by atoms with E-state index >= 15 is 0 Å². The number of aromatic nitrogens is 1. The highest BCUT2D eigenvalue weighted by molar-refractivity contribution is 7.09. The Hall–Kier alpha value is -1.39. The molecule has 0 aliphatic heterocycles. The van der Waals surface area contributed by atoms with E-state index in [1.807, 2.05) is 19.1 Å². The van der Waals surface area contributed by atoms with Crippen molar-refractivity contribution in [1.29, 1.82) is 0 Å². The molecule has 1 heterocycles. The Kier molecular flexibility index (Phi) is 4.56. The van der Waals surface area contributed by atoms with Crippen molar-refractivity contribution in [2.45, 2.75) is 33.4 Å². The molecule has 0 amide bonds. The molecular formula is C15H20N2OS. The topological polar surface area (TPSA) is 36.4 Å². The van der Waals surface area contributed by atoms with E-state index in [-0.39, 0.29) is 6.04 Å².